The summed E-state index contributed by atoms with van der Waals surface area (Å²) in [7, 11) is 5.91. The highest BCUT2D eigenvalue weighted by Gasteiger charge is 2.23. The van der Waals surface area contributed by atoms with E-state index in [4.69, 9.17) is 4.74 Å². The summed E-state index contributed by atoms with van der Waals surface area (Å²) in [6.07, 6.45) is 0.810. The highest BCUT2D eigenvalue weighted by molar-refractivity contribution is 5.71. The first-order valence-corrected chi connectivity index (χ1v) is 7.46. The molecule has 1 aromatic carbocycles. The summed E-state index contributed by atoms with van der Waals surface area (Å²) in [6.45, 7) is 4.58. The van der Waals surface area contributed by atoms with Gasteiger partial charge in [-0.05, 0) is 45.6 Å². The van der Waals surface area contributed by atoms with Crippen molar-refractivity contribution in [3.63, 3.8) is 0 Å². The largest absolute Gasteiger partial charge is 0.414 e. The zero-order chi connectivity index (χ0) is 15.4. The fourth-order valence-corrected chi connectivity index (χ4v) is 2.43. The number of hydrogen-bond acceptors (Lipinski definition) is 4. The topological polar surface area (TPSA) is 44.8 Å². The number of ether oxygens (including phenoxy) is 1. The molecule has 1 aliphatic heterocycles. The summed E-state index contributed by atoms with van der Waals surface area (Å²) >= 11 is 0. The van der Waals surface area contributed by atoms with Gasteiger partial charge in [-0.3, -0.25) is 0 Å². The molecule has 0 fully saturated rings. The van der Waals surface area contributed by atoms with Crippen molar-refractivity contribution in [2.45, 2.75) is 26.7 Å². The van der Waals surface area contributed by atoms with Crippen molar-refractivity contribution in [2.75, 3.05) is 46.1 Å². The Hall–Kier alpha value is -1.75. The quantitative estimate of drug-likeness (QED) is 0.907. The molecule has 124 valence electrons. The van der Waals surface area contributed by atoms with E-state index >= 15 is 0 Å². The van der Waals surface area contributed by atoms with Gasteiger partial charge in [0.05, 0.1) is 0 Å². The Morgan fingerprint density at radius 1 is 1.36 bits per heavy atom. The third-order valence-corrected chi connectivity index (χ3v) is 3.92. The lowest BCUT2D eigenvalue weighted by Gasteiger charge is -2.16. The molecule has 1 N–H and O–H groups in total. The molecule has 1 aliphatic rings. The average molecular weight is 307 g/mol. The third-order valence-electron chi connectivity index (χ3n) is 3.92. The normalized spacial score (nSPS) is 15.8. The van der Waals surface area contributed by atoms with E-state index in [1.54, 1.807) is 11.9 Å². The van der Waals surface area contributed by atoms with E-state index in [0.29, 0.717) is 18.2 Å². The van der Waals surface area contributed by atoms with E-state index in [1.165, 1.54) is 5.56 Å². The van der Waals surface area contributed by atoms with Crippen molar-refractivity contribution in [1.29, 1.82) is 0 Å². The number of hydrogen-bond donors (Lipinski definition) is 1. The predicted octanol–water partition coefficient (Wildman–Crippen LogP) is 3.23. The molecule has 0 spiro atoms. The summed E-state index contributed by atoms with van der Waals surface area (Å²) < 4.78 is 5.36. The van der Waals surface area contributed by atoms with Crippen LogP contribution in [0, 0.1) is 0 Å². The number of benzene rings is 1. The average Bonchev–Trinajstić information content (AvgIpc) is 2.86. The van der Waals surface area contributed by atoms with E-state index in [-0.39, 0.29) is 13.5 Å². The standard InChI is InChI=1S/C16H25N3O2.CH4/c1-5-19(4)16(20)21-13-6-7-14-12(8-9-18(2)3)11-17-15(14)10-13;/h6-7,10,12,17H,5,8-9,11H2,1-4H3;1H4. The molecule has 1 heterocycles. The molecule has 1 aromatic rings. The smallest absolute Gasteiger partial charge is 0.410 e. The maximum absolute atomic E-state index is 11.8. The number of anilines is 1. The van der Waals surface area contributed by atoms with Gasteiger partial charge >= 0.3 is 6.09 Å². The molecule has 0 aromatic heterocycles. The van der Waals surface area contributed by atoms with Crippen LogP contribution in [-0.4, -0.2) is 56.7 Å². The molecular formula is C17H29N3O2. The zero-order valence-electron chi connectivity index (χ0n) is 13.3. The predicted molar refractivity (Wildman–Crippen MR) is 91.9 cm³/mol. The van der Waals surface area contributed by atoms with Gasteiger partial charge in [0.25, 0.3) is 0 Å². The van der Waals surface area contributed by atoms with Crippen LogP contribution in [-0.2, 0) is 0 Å². The van der Waals surface area contributed by atoms with Gasteiger partial charge < -0.3 is 19.9 Å². The third kappa shape index (κ3) is 4.37. The molecule has 0 bridgehead atoms. The van der Waals surface area contributed by atoms with Gasteiger partial charge in [-0.2, -0.15) is 0 Å². The van der Waals surface area contributed by atoms with Crippen LogP contribution in [0.15, 0.2) is 18.2 Å². The number of carbonyl (C=O) groups excluding carboxylic acids is 1. The Kier molecular flexibility index (Phi) is 6.68. The molecular weight excluding hydrogens is 278 g/mol. The highest BCUT2D eigenvalue weighted by atomic mass is 16.6. The minimum absolute atomic E-state index is 0. The molecule has 0 saturated carbocycles. The van der Waals surface area contributed by atoms with E-state index in [1.807, 2.05) is 19.1 Å². The maximum atomic E-state index is 11.8. The minimum Gasteiger partial charge on any atom is -0.410 e. The van der Waals surface area contributed by atoms with Gasteiger partial charge in [-0.15, -0.1) is 0 Å². The van der Waals surface area contributed by atoms with Gasteiger partial charge in [0.1, 0.15) is 5.75 Å². The van der Waals surface area contributed by atoms with Crippen LogP contribution in [0.25, 0.3) is 0 Å². The van der Waals surface area contributed by atoms with Gasteiger partial charge in [0.15, 0.2) is 0 Å². The Morgan fingerprint density at radius 2 is 2.09 bits per heavy atom. The zero-order valence-corrected chi connectivity index (χ0v) is 13.3. The van der Waals surface area contributed by atoms with Gasteiger partial charge in [-0.1, -0.05) is 13.5 Å². The molecule has 0 radical (unpaired) electrons. The van der Waals surface area contributed by atoms with E-state index in [9.17, 15) is 4.79 Å². The number of amides is 1. The van der Waals surface area contributed by atoms with Crippen LogP contribution in [0.2, 0.25) is 0 Å². The SMILES string of the molecule is C.CCN(C)C(=O)Oc1ccc2c(c1)NCC2CCN(C)C. The maximum Gasteiger partial charge on any atom is 0.414 e. The van der Waals surface area contributed by atoms with Crippen LogP contribution in [0.1, 0.15) is 32.3 Å². The van der Waals surface area contributed by atoms with E-state index in [0.717, 1.165) is 25.2 Å². The summed E-state index contributed by atoms with van der Waals surface area (Å²) in [4.78, 5) is 15.5. The molecule has 5 heteroatoms. The molecule has 22 heavy (non-hydrogen) atoms. The van der Waals surface area contributed by atoms with E-state index < -0.39 is 0 Å². The lowest BCUT2D eigenvalue weighted by molar-refractivity contribution is 0.165. The summed E-state index contributed by atoms with van der Waals surface area (Å²) in [6, 6.07) is 5.88. The Morgan fingerprint density at radius 3 is 2.73 bits per heavy atom. The van der Waals surface area contributed by atoms with Crippen LogP contribution in [0.5, 0.6) is 5.75 Å². The molecule has 1 amide bonds. The monoisotopic (exact) mass is 307 g/mol. The number of fused-ring (bicyclic) bond motifs is 1. The van der Waals surface area contributed by atoms with Gasteiger partial charge in [0.2, 0.25) is 0 Å². The fraction of sp³-hybridized carbons (Fsp3) is 0.588. The number of carbonyl (C=O) groups is 1. The number of nitrogens with one attached hydrogen (secondary N) is 1. The van der Waals surface area contributed by atoms with Gasteiger partial charge in [0, 0.05) is 37.8 Å². The summed E-state index contributed by atoms with van der Waals surface area (Å²) in [5, 5.41) is 3.41. The number of rotatable bonds is 5. The van der Waals surface area contributed by atoms with Crippen molar-refractivity contribution in [3.05, 3.63) is 23.8 Å². The van der Waals surface area contributed by atoms with Crippen molar-refractivity contribution in [2.24, 2.45) is 0 Å². The Labute approximate surface area is 134 Å². The van der Waals surface area contributed by atoms with Crippen LogP contribution >= 0.6 is 0 Å². The number of nitrogens with zero attached hydrogens (tertiary/aromatic N) is 2. The first-order valence-electron chi connectivity index (χ1n) is 7.46. The molecule has 1 unspecified atom stereocenters. The van der Waals surface area contributed by atoms with E-state index in [2.05, 4.69) is 30.4 Å². The lowest BCUT2D eigenvalue weighted by atomic mass is 9.97. The van der Waals surface area contributed by atoms with Crippen LogP contribution < -0.4 is 10.1 Å². The molecule has 1 atom stereocenters. The second kappa shape index (κ2) is 8.03. The highest BCUT2D eigenvalue weighted by Crippen LogP contribution is 2.36. The first-order chi connectivity index (χ1) is 10.0. The van der Waals surface area contributed by atoms with Crippen molar-refractivity contribution in [3.8, 4) is 5.75 Å². The second-order valence-corrected chi connectivity index (χ2v) is 5.80. The summed E-state index contributed by atoms with van der Waals surface area (Å²) in [5.41, 5.74) is 2.41. The molecule has 2 rings (SSSR count). The van der Waals surface area contributed by atoms with Crippen LogP contribution in [0.3, 0.4) is 0 Å². The fourth-order valence-electron chi connectivity index (χ4n) is 2.43. The molecule has 0 saturated heterocycles. The van der Waals surface area contributed by atoms with Crippen molar-refractivity contribution in [1.82, 2.24) is 9.80 Å². The van der Waals surface area contributed by atoms with Gasteiger partial charge in [-0.25, -0.2) is 4.79 Å². The van der Waals surface area contributed by atoms with Crippen molar-refractivity contribution < 1.29 is 9.53 Å². The molecule has 0 aliphatic carbocycles. The Bertz CT molecular complexity index is 503. The molecule has 5 nitrogen and oxygen atoms in total. The first kappa shape index (κ1) is 18.3. The Balaban J connectivity index is 0.00000242. The lowest BCUT2D eigenvalue weighted by Crippen LogP contribution is -2.29. The second-order valence-electron chi connectivity index (χ2n) is 5.80. The minimum atomic E-state index is -0.320. The van der Waals surface area contributed by atoms with Crippen molar-refractivity contribution >= 4 is 11.8 Å². The summed E-state index contributed by atoms with van der Waals surface area (Å²) in [5.74, 6) is 1.13. The van der Waals surface area contributed by atoms with Crippen LogP contribution in [0.4, 0.5) is 10.5 Å².